The van der Waals surface area contributed by atoms with Crippen LogP contribution in [0.15, 0.2) is 47.1 Å². The molecule has 140 valence electrons. The van der Waals surface area contributed by atoms with Crippen molar-refractivity contribution in [1.82, 2.24) is 4.98 Å². The molecule has 4 nitrogen and oxygen atoms in total. The third-order valence-corrected chi connectivity index (χ3v) is 4.69. The normalized spacial score (nSPS) is 10.8. The number of hydrogen-bond acceptors (Lipinski definition) is 4. The van der Waals surface area contributed by atoms with Crippen molar-refractivity contribution in [3.05, 3.63) is 69.6 Å². The van der Waals surface area contributed by atoms with Crippen molar-refractivity contribution in [1.29, 1.82) is 0 Å². The summed E-state index contributed by atoms with van der Waals surface area (Å²) >= 11 is 3.53. The summed E-state index contributed by atoms with van der Waals surface area (Å²) in [6.45, 7) is 4.30. The molecule has 0 aliphatic carbocycles. The van der Waals surface area contributed by atoms with Crippen LogP contribution in [0.5, 0.6) is 5.75 Å². The molecule has 27 heavy (non-hydrogen) atoms. The van der Waals surface area contributed by atoms with Crippen molar-refractivity contribution in [2.45, 2.75) is 20.3 Å². The van der Waals surface area contributed by atoms with Crippen molar-refractivity contribution in [3.63, 3.8) is 0 Å². The lowest BCUT2D eigenvalue weighted by Crippen LogP contribution is -2.09. The predicted molar refractivity (Wildman–Crippen MR) is 106 cm³/mol. The van der Waals surface area contributed by atoms with Crippen molar-refractivity contribution in [2.24, 2.45) is 0 Å². The van der Waals surface area contributed by atoms with Crippen molar-refractivity contribution < 1.29 is 18.7 Å². The first kappa shape index (κ1) is 19.3. The first-order valence-electron chi connectivity index (χ1n) is 8.69. The van der Waals surface area contributed by atoms with Gasteiger partial charge in [0, 0.05) is 16.1 Å². The molecule has 0 amide bonds. The number of carbonyl (C=O) groups is 1. The maximum atomic E-state index is 13.1. The molecule has 1 heterocycles. The Labute approximate surface area is 165 Å². The second-order valence-electron chi connectivity index (χ2n) is 5.93. The highest BCUT2D eigenvalue weighted by Crippen LogP contribution is 2.35. The van der Waals surface area contributed by atoms with Crippen LogP contribution in [-0.2, 0) is 11.2 Å². The number of hydrogen-bond donors (Lipinski definition) is 0. The van der Waals surface area contributed by atoms with Gasteiger partial charge >= 0.3 is 5.97 Å². The number of ether oxygens (including phenoxy) is 2. The Bertz CT molecular complexity index is 973. The zero-order valence-corrected chi connectivity index (χ0v) is 16.7. The molecule has 0 radical (unpaired) electrons. The van der Waals surface area contributed by atoms with Gasteiger partial charge in [0.15, 0.2) is 5.75 Å². The highest BCUT2D eigenvalue weighted by Gasteiger charge is 2.20. The number of halogens is 2. The molecule has 0 aliphatic rings. The van der Waals surface area contributed by atoms with Gasteiger partial charge in [-0.25, -0.2) is 9.18 Å². The second kappa shape index (κ2) is 8.48. The van der Waals surface area contributed by atoms with Crippen LogP contribution in [0.3, 0.4) is 0 Å². The molecule has 0 saturated carbocycles. The van der Waals surface area contributed by atoms with Gasteiger partial charge in [-0.1, -0.05) is 28.1 Å². The molecule has 2 aromatic carbocycles. The van der Waals surface area contributed by atoms with Crippen LogP contribution in [0.1, 0.15) is 35.3 Å². The van der Waals surface area contributed by atoms with E-state index in [1.807, 2.05) is 13.0 Å². The van der Waals surface area contributed by atoms with Crippen molar-refractivity contribution >= 4 is 32.8 Å². The molecule has 6 heteroatoms. The summed E-state index contributed by atoms with van der Waals surface area (Å²) in [6.07, 6.45) is 2.37. The molecular formula is C21H19BrFNO3. The third kappa shape index (κ3) is 4.27. The van der Waals surface area contributed by atoms with Crippen molar-refractivity contribution in [2.75, 3.05) is 13.2 Å². The lowest BCUT2D eigenvalue weighted by Gasteiger charge is -2.14. The van der Waals surface area contributed by atoms with Gasteiger partial charge in [0.2, 0.25) is 0 Å². The third-order valence-electron chi connectivity index (χ3n) is 4.04. The molecule has 0 N–H and O–H groups in total. The number of rotatable bonds is 6. The lowest BCUT2D eigenvalue weighted by molar-refractivity contribution is 0.0522. The van der Waals surface area contributed by atoms with E-state index in [1.165, 1.54) is 12.1 Å². The predicted octanol–water partition coefficient (Wildman–Crippen LogP) is 5.30. The molecule has 0 unspecified atom stereocenters. The lowest BCUT2D eigenvalue weighted by atomic mass is 10.0. The maximum absolute atomic E-state index is 13.1. The molecule has 0 fully saturated rings. The van der Waals surface area contributed by atoms with E-state index in [-0.39, 0.29) is 12.4 Å². The number of esters is 1. The van der Waals surface area contributed by atoms with Crippen LogP contribution in [0.4, 0.5) is 4.39 Å². The molecule has 0 aliphatic heterocycles. The second-order valence-corrected chi connectivity index (χ2v) is 6.79. The first-order chi connectivity index (χ1) is 13.0. The smallest absolute Gasteiger partial charge is 0.342 e. The zero-order valence-electron chi connectivity index (χ0n) is 15.1. The van der Waals surface area contributed by atoms with Crippen LogP contribution >= 0.6 is 15.9 Å². The summed E-state index contributed by atoms with van der Waals surface area (Å²) in [7, 11) is 0. The first-order valence-corrected chi connectivity index (χ1v) is 9.48. The molecule has 3 aromatic rings. The fraction of sp³-hybridized carbons (Fsp3) is 0.238. The average molecular weight is 432 g/mol. The quantitative estimate of drug-likeness (QED) is 0.496. The minimum Gasteiger partial charge on any atom is -0.491 e. The summed E-state index contributed by atoms with van der Waals surface area (Å²) in [4.78, 5) is 16.8. The Morgan fingerprint density at radius 3 is 2.52 bits per heavy atom. The van der Waals surface area contributed by atoms with Crippen LogP contribution in [0.25, 0.3) is 10.9 Å². The Morgan fingerprint density at radius 1 is 1.11 bits per heavy atom. The van der Waals surface area contributed by atoms with E-state index in [0.717, 1.165) is 21.0 Å². The van der Waals surface area contributed by atoms with Gasteiger partial charge in [0.1, 0.15) is 16.9 Å². The zero-order chi connectivity index (χ0) is 19.4. The van der Waals surface area contributed by atoms with Crippen LogP contribution in [-0.4, -0.2) is 24.2 Å². The molecule has 0 bridgehead atoms. The summed E-state index contributed by atoms with van der Waals surface area (Å²) in [5.41, 5.74) is 2.90. The van der Waals surface area contributed by atoms with Crippen LogP contribution in [0.2, 0.25) is 0 Å². The Hall–Kier alpha value is -2.47. The van der Waals surface area contributed by atoms with E-state index in [2.05, 4.69) is 20.9 Å². The topological polar surface area (TPSA) is 48.4 Å². The van der Waals surface area contributed by atoms with E-state index in [0.29, 0.717) is 29.9 Å². The van der Waals surface area contributed by atoms with Crippen LogP contribution in [0, 0.1) is 5.82 Å². The summed E-state index contributed by atoms with van der Waals surface area (Å²) in [6, 6.07) is 10.1. The number of fused-ring (bicyclic) bond motifs is 1. The summed E-state index contributed by atoms with van der Waals surface area (Å²) in [5, 5.41) is 0.839. The SMILES string of the molecule is CCOC(=O)c1cc(Br)c2cc(Cc3ccc(F)cc3)cnc2c1OCC. The number of carbonyl (C=O) groups excluding carboxylic acids is 1. The van der Waals surface area contributed by atoms with Gasteiger partial charge in [-0.05, 0) is 55.7 Å². The molecule has 1 aromatic heterocycles. The molecule has 0 saturated heterocycles. The number of nitrogens with zero attached hydrogens (tertiary/aromatic N) is 1. The molecule has 3 rings (SSSR count). The monoisotopic (exact) mass is 431 g/mol. The van der Waals surface area contributed by atoms with Crippen molar-refractivity contribution in [3.8, 4) is 5.75 Å². The Morgan fingerprint density at radius 2 is 1.85 bits per heavy atom. The minimum atomic E-state index is -0.444. The van der Waals surface area contributed by atoms with Gasteiger partial charge in [0.25, 0.3) is 0 Å². The minimum absolute atomic E-state index is 0.258. The summed E-state index contributed by atoms with van der Waals surface area (Å²) in [5.74, 6) is -0.283. The number of benzene rings is 2. The largest absolute Gasteiger partial charge is 0.491 e. The fourth-order valence-corrected chi connectivity index (χ4v) is 3.39. The number of aromatic nitrogens is 1. The highest BCUT2D eigenvalue weighted by atomic mass is 79.9. The maximum Gasteiger partial charge on any atom is 0.342 e. The van der Waals surface area contributed by atoms with E-state index in [1.54, 1.807) is 31.3 Å². The molecule has 0 spiro atoms. The van der Waals surface area contributed by atoms with E-state index < -0.39 is 5.97 Å². The fourth-order valence-electron chi connectivity index (χ4n) is 2.85. The van der Waals surface area contributed by atoms with Crippen LogP contribution < -0.4 is 4.74 Å². The average Bonchev–Trinajstić information content (AvgIpc) is 2.66. The molecular weight excluding hydrogens is 413 g/mol. The van der Waals surface area contributed by atoms with Gasteiger partial charge in [-0.15, -0.1) is 0 Å². The standard InChI is InChI=1S/C21H19BrFNO3/c1-3-26-20-17(21(25)27-4-2)11-18(22)16-10-14(12-24-19(16)20)9-13-5-7-15(23)8-6-13/h5-8,10-12H,3-4,9H2,1-2H3. The van der Waals surface area contributed by atoms with E-state index in [9.17, 15) is 9.18 Å². The van der Waals surface area contributed by atoms with Gasteiger partial charge in [-0.2, -0.15) is 0 Å². The van der Waals surface area contributed by atoms with Gasteiger partial charge < -0.3 is 9.47 Å². The van der Waals surface area contributed by atoms with E-state index >= 15 is 0 Å². The van der Waals surface area contributed by atoms with Gasteiger partial charge in [0.05, 0.1) is 13.2 Å². The summed E-state index contributed by atoms with van der Waals surface area (Å²) < 4.78 is 24.7. The Kier molecular flexibility index (Phi) is 6.06. The van der Waals surface area contributed by atoms with Gasteiger partial charge in [-0.3, -0.25) is 4.98 Å². The number of pyridine rings is 1. The highest BCUT2D eigenvalue weighted by molar-refractivity contribution is 9.10. The molecule has 0 atom stereocenters. The van der Waals surface area contributed by atoms with E-state index in [4.69, 9.17) is 9.47 Å². The Balaban J connectivity index is 2.05.